The molecule has 2 aromatic rings. The van der Waals surface area contributed by atoms with Gasteiger partial charge in [-0.3, -0.25) is 0 Å². The van der Waals surface area contributed by atoms with Crippen molar-refractivity contribution in [1.29, 1.82) is 0 Å². The van der Waals surface area contributed by atoms with Gasteiger partial charge in [-0.25, -0.2) is 9.67 Å². The van der Waals surface area contributed by atoms with Crippen LogP contribution in [0.4, 0.5) is 0 Å². The highest BCUT2D eigenvalue weighted by molar-refractivity contribution is 6.02. The normalized spacial score (nSPS) is 13.5. The summed E-state index contributed by atoms with van der Waals surface area (Å²) < 4.78 is 1.73. The molecule has 0 bridgehead atoms. The fourth-order valence-electron chi connectivity index (χ4n) is 1.97. The molecule has 18 heavy (non-hydrogen) atoms. The van der Waals surface area contributed by atoms with Gasteiger partial charge in [-0.1, -0.05) is 48.8 Å². The molecule has 1 aromatic carbocycles. The summed E-state index contributed by atoms with van der Waals surface area (Å²) in [6.45, 7) is 2.09. The second kappa shape index (κ2) is 5.95. The van der Waals surface area contributed by atoms with E-state index >= 15 is 0 Å². The molecule has 1 N–H and O–H groups in total. The number of nitrogens with zero attached hydrogens (tertiary/aromatic N) is 4. The lowest BCUT2D eigenvalue weighted by atomic mass is 10.00. The molecule has 5 heteroatoms. The molecule has 0 fully saturated rings. The maximum atomic E-state index is 9.30. The zero-order chi connectivity index (χ0) is 12.8. The molecule has 1 atom stereocenters. The van der Waals surface area contributed by atoms with Crippen LogP contribution in [0.25, 0.3) is 0 Å². The fourth-order valence-corrected chi connectivity index (χ4v) is 1.97. The van der Waals surface area contributed by atoms with Crippen molar-refractivity contribution in [2.24, 2.45) is 5.16 Å². The van der Waals surface area contributed by atoms with Crippen LogP contribution in [0, 0.1) is 0 Å². The van der Waals surface area contributed by atoms with E-state index in [-0.39, 0.29) is 6.04 Å². The molecule has 0 saturated carbocycles. The van der Waals surface area contributed by atoms with Gasteiger partial charge in [0.25, 0.3) is 0 Å². The Labute approximate surface area is 106 Å². The first-order chi connectivity index (χ1) is 8.86. The zero-order valence-corrected chi connectivity index (χ0v) is 10.3. The van der Waals surface area contributed by atoms with E-state index in [0.717, 1.165) is 18.4 Å². The number of rotatable bonds is 5. The molecule has 94 valence electrons. The van der Waals surface area contributed by atoms with Gasteiger partial charge in [-0.15, -0.1) is 0 Å². The van der Waals surface area contributed by atoms with Crippen molar-refractivity contribution in [2.45, 2.75) is 25.8 Å². The number of hydrogen-bond acceptors (Lipinski definition) is 4. The minimum absolute atomic E-state index is 0.0927. The fraction of sp³-hybridized carbons (Fsp3) is 0.308. The van der Waals surface area contributed by atoms with E-state index in [0.29, 0.717) is 5.71 Å². The lowest BCUT2D eigenvalue weighted by Gasteiger charge is -2.17. The van der Waals surface area contributed by atoms with Crippen LogP contribution in [0.5, 0.6) is 0 Å². The van der Waals surface area contributed by atoms with Gasteiger partial charge in [-0.05, 0) is 6.42 Å². The maximum Gasteiger partial charge on any atom is 0.137 e. The molecular formula is C13H16N4O. The molecule has 1 aromatic heterocycles. The quantitative estimate of drug-likeness (QED) is 0.499. The van der Waals surface area contributed by atoms with Crippen LogP contribution in [0.3, 0.4) is 0 Å². The summed E-state index contributed by atoms with van der Waals surface area (Å²) in [5.41, 5.74) is 1.51. The molecule has 0 spiro atoms. The van der Waals surface area contributed by atoms with E-state index in [1.54, 1.807) is 11.0 Å². The molecule has 0 aliphatic carbocycles. The maximum absolute atomic E-state index is 9.30. The van der Waals surface area contributed by atoms with Crippen LogP contribution in [0.2, 0.25) is 0 Å². The Morgan fingerprint density at radius 1 is 1.39 bits per heavy atom. The van der Waals surface area contributed by atoms with Crippen molar-refractivity contribution in [1.82, 2.24) is 14.8 Å². The summed E-state index contributed by atoms with van der Waals surface area (Å²) in [4.78, 5) is 3.95. The molecular weight excluding hydrogens is 228 g/mol. The first-order valence-corrected chi connectivity index (χ1v) is 5.98. The summed E-state index contributed by atoms with van der Waals surface area (Å²) >= 11 is 0. The van der Waals surface area contributed by atoms with Crippen LogP contribution in [-0.2, 0) is 0 Å². The first-order valence-electron chi connectivity index (χ1n) is 5.98. The van der Waals surface area contributed by atoms with E-state index in [9.17, 15) is 5.21 Å². The van der Waals surface area contributed by atoms with Gasteiger partial charge in [0.1, 0.15) is 18.4 Å². The summed E-state index contributed by atoms with van der Waals surface area (Å²) in [7, 11) is 0. The van der Waals surface area contributed by atoms with Gasteiger partial charge < -0.3 is 5.21 Å². The Morgan fingerprint density at radius 2 is 2.17 bits per heavy atom. The second-order valence-electron chi connectivity index (χ2n) is 4.03. The molecule has 2 rings (SSSR count). The van der Waals surface area contributed by atoms with E-state index in [4.69, 9.17) is 0 Å². The first kappa shape index (κ1) is 12.3. The highest BCUT2D eigenvalue weighted by Crippen LogP contribution is 2.19. The third-order valence-corrected chi connectivity index (χ3v) is 2.81. The third kappa shape index (κ3) is 2.56. The van der Waals surface area contributed by atoms with E-state index < -0.39 is 0 Å². The topological polar surface area (TPSA) is 63.3 Å². The number of oxime groups is 1. The Kier molecular flexibility index (Phi) is 4.06. The molecule has 1 unspecified atom stereocenters. The summed E-state index contributed by atoms with van der Waals surface area (Å²) in [5.74, 6) is 0. The third-order valence-electron chi connectivity index (χ3n) is 2.81. The monoisotopic (exact) mass is 244 g/mol. The Balaban J connectivity index is 2.35. The predicted octanol–water partition coefficient (Wildman–Crippen LogP) is 2.50. The van der Waals surface area contributed by atoms with Gasteiger partial charge in [-0.2, -0.15) is 5.10 Å². The van der Waals surface area contributed by atoms with Crippen LogP contribution < -0.4 is 0 Å². The minimum atomic E-state index is -0.0927. The highest BCUT2D eigenvalue weighted by Gasteiger charge is 2.20. The van der Waals surface area contributed by atoms with Crippen LogP contribution in [0.15, 0.2) is 48.1 Å². The summed E-state index contributed by atoms with van der Waals surface area (Å²) in [6, 6.07) is 9.53. The number of hydrogen-bond donors (Lipinski definition) is 1. The molecule has 0 saturated heterocycles. The van der Waals surface area contributed by atoms with Crippen molar-refractivity contribution in [3.8, 4) is 0 Å². The van der Waals surface area contributed by atoms with E-state index in [1.165, 1.54) is 6.33 Å². The lowest BCUT2D eigenvalue weighted by molar-refractivity contribution is 0.313. The van der Waals surface area contributed by atoms with Crippen molar-refractivity contribution in [3.05, 3.63) is 48.5 Å². The van der Waals surface area contributed by atoms with Gasteiger partial charge in [0.15, 0.2) is 0 Å². The Hall–Kier alpha value is -2.17. The van der Waals surface area contributed by atoms with E-state index in [1.807, 2.05) is 30.3 Å². The van der Waals surface area contributed by atoms with Gasteiger partial charge in [0.05, 0.1) is 6.04 Å². The second-order valence-corrected chi connectivity index (χ2v) is 4.03. The SMILES string of the molecule is CCCC(C(=NO)c1ccccc1)n1cncn1. The van der Waals surface area contributed by atoms with E-state index in [2.05, 4.69) is 22.2 Å². The molecule has 1 heterocycles. The largest absolute Gasteiger partial charge is 0.411 e. The molecule has 0 radical (unpaired) electrons. The van der Waals surface area contributed by atoms with Gasteiger partial charge >= 0.3 is 0 Å². The number of aromatic nitrogens is 3. The Morgan fingerprint density at radius 3 is 2.72 bits per heavy atom. The van der Waals surface area contributed by atoms with Crippen LogP contribution in [-0.4, -0.2) is 25.7 Å². The van der Waals surface area contributed by atoms with Crippen LogP contribution >= 0.6 is 0 Å². The van der Waals surface area contributed by atoms with Crippen molar-refractivity contribution in [3.63, 3.8) is 0 Å². The van der Waals surface area contributed by atoms with Crippen LogP contribution in [0.1, 0.15) is 31.4 Å². The number of benzene rings is 1. The summed E-state index contributed by atoms with van der Waals surface area (Å²) in [6.07, 6.45) is 4.95. The highest BCUT2D eigenvalue weighted by atomic mass is 16.4. The average molecular weight is 244 g/mol. The molecule has 5 nitrogen and oxygen atoms in total. The van der Waals surface area contributed by atoms with Crippen molar-refractivity contribution >= 4 is 5.71 Å². The molecule has 0 aliphatic rings. The van der Waals surface area contributed by atoms with Gasteiger partial charge in [0, 0.05) is 5.56 Å². The standard InChI is InChI=1S/C13H16N4O/c1-2-6-12(17-10-14-9-15-17)13(16-18)11-7-4-3-5-8-11/h3-5,7-10,12,18H,2,6H2,1H3. The predicted molar refractivity (Wildman–Crippen MR) is 68.7 cm³/mol. The Bertz CT molecular complexity index is 493. The van der Waals surface area contributed by atoms with Gasteiger partial charge in [0.2, 0.25) is 0 Å². The smallest absolute Gasteiger partial charge is 0.137 e. The molecule has 0 amide bonds. The average Bonchev–Trinajstić information content (AvgIpc) is 2.93. The van der Waals surface area contributed by atoms with Crippen molar-refractivity contribution in [2.75, 3.05) is 0 Å². The lowest BCUT2D eigenvalue weighted by Crippen LogP contribution is -2.21. The van der Waals surface area contributed by atoms with Crippen molar-refractivity contribution < 1.29 is 5.21 Å². The minimum Gasteiger partial charge on any atom is -0.411 e. The molecule has 0 aliphatic heterocycles. The zero-order valence-electron chi connectivity index (χ0n) is 10.3. The summed E-state index contributed by atoms with van der Waals surface area (Å²) in [5, 5.41) is 16.9.